The van der Waals surface area contributed by atoms with Crippen LogP contribution in [-0.2, 0) is 18.1 Å². The van der Waals surface area contributed by atoms with Gasteiger partial charge >= 0.3 is 18.9 Å². The predicted octanol–water partition coefficient (Wildman–Crippen LogP) is -3.03. The molecule has 1 aromatic heterocycles. The van der Waals surface area contributed by atoms with Crippen molar-refractivity contribution in [1.82, 2.24) is 9.55 Å². The topological polar surface area (TPSA) is 57.9 Å². The van der Waals surface area contributed by atoms with E-state index in [0.717, 1.165) is 0 Å². The molecule has 1 unspecified atom stereocenters. The fraction of sp³-hybridized carbons (Fsp3) is 0.400. The molecule has 0 radical (unpaired) electrons. The van der Waals surface area contributed by atoms with E-state index in [-0.39, 0.29) is 23.9 Å². The third-order valence-corrected chi connectivity index (χ3v) is 1.80. The first-order valence-corrected chi connectivity index (χ1v) is 3.78. The van der Waals surface area contributed by atoms with Crippen LogP contribution in [0.1, 0.15) is 5.82 Å². The van der Waals surface area contributed by atoms with Crippen molar-refractivity contribution < 1.29 is 27.6 Å². The van der Waals surface area contributed by atoms with Crippen molar-refractivity contribution in [2.24, 2.45) is 7.05 Å². The first-order valence-electron chi connectivity index (χ1n) is 2.70. The first kappa shape index (κ1) is 10.9. The summed E-state index contributed by atoms with van der Waals surface area (Å²) in [6.45, 7) is 1.75. The first-order chi connectivity index (χ1) is 4.61. The third kappa shape index (κ3) is 2.45. The van der Waals surface area contributed by atoms with Crippen molar-refractivity contribution in [2.75, 3.05) is 0 Å². The Morgan fingerprint density at radius 1 is 1.73 bits per heavy atom. The Bertz CT molecular complexity index is 254. The molecule has 11 heavy (non-hydrogen) atoms. The summed E-state index contributed by atoms with van der Waals surface area (Å²) in [6.07, 6.45) is 1.47. The van der Waals surface area contributed by atoms with Crippen LogP contribution >= 0.6 is 0 Å². The number of aryl methyl sites for hydroxylation is 2. The number of rotatable bonds is 1. The Morgan fingerprint density at radius 2 is 2.27 bits per heavy atom. The van der Waals surface area contributed by atoms with Gasteiger partial charge in [0.05, 0.1) is 0 Å². The Balaban J connectivity index is 0.000001000. The fourth-order valence-electron chi connectivity index (χ4n) is 0.607. The smallest absolute Gasteiger partial charge is 0.767 e. The van der Waals surface area contributed by atoms with Crippen LogP contribution in [0.5, 0.6) is 0 Å². The average molecular weight is 166 g/mol. The molecule has 0 aliphatic carbocycles. The zero-order valence-electron chi connectivity index (χ0n) is 6.70. The zero-order chi connectivity index (χ0) is 7.72. The number of imidazole rings is 1. The second-order valence-corrected chi connectivity index (χ2v) is 2.86. The minimum Gasteiger partial charge on any atom is -0.767 e. The van der Waals surface area contributed by atoms with Crippen LogP contribution in [0, 0.1) is 6.92 Å². The van der Waals surface area contributed by atoms with Gasteiger partial charge in [0.2, 0.25) is 0 Å². The van der Waals surface area contributed by atoms with Gasteiger partial charge in [0.1, 0.15) is 10.9 Å². The summed E-state index contributed by atoms with van der Waals surface area (Å²) < 4.78 is 22.2. The van der Waals surface area contributed by atoms with Crippen molar-refractivity contribution in [2.45, 2.75) is 11.9 Å². The number of nitrogens with zero attached hydrogens (tertiary/aromatic N) is 2. The van der Waals surface area contributed by atoms with Gasteiger partial charge < -0.3 is 9.12 Å². The molecule has 0 bridgehead atoms. The van der Waals surface area contributed by atoms with E-state index in [2.05, 4.69) is 4.98 Å². The van der Waals surface area contributed by atoms with Gasteiger partial charge in [-0.15, -0.1) is 0 Å². The van der Waals surface area contributed by atoms with Gasteiger partial charge in [0.15, 0.2) is 0 Å². The molecule has 1 rings (SSSR count). The molecule has 4 nitrogen and oxygen atoms in total. The maximum absolute atomic E-state index is 10.3. The van der Waals surface area contributed by atoms with Crippen LogP contribution in [0.15, 0.2) is 11.2 Å². The van der Waals surface area contributed by atoms with E-state index in [1.165, 1.54) is 6.20 Å². The summed E-state index contributed by atoms with van der Waals surface area (Å²) in [4.78, 5) is 3.76. The normalized spacial score (nSPS) is 12.3. The van der Waals surface area contributed by atoms with Gasteiger partial charge in [0.25, 0.3) is 0 Å². The summed E-state index contributed by atoms with van der Waals surface area (Å²) in [5.74, 6) is 0.694. The quantitative estimate of drug-likeness (QED) is 0.329. The maximum atomic E-state index is 10.3. The molecular weight excluding hydrogens is 159 g/mol. The molecule has 56 valence electrons. The second-order valence-electron chi connectivity index (χ2n) is 1.97. The van der Waals surface area contributed by atoms with Gasteiger partial charge in [-0.2, -0.15) is 0 Å². The molecule has 0 aliphatic heterocycles. The van der Waals surface area contributed by atoms with Crippen LogP contribution in [-0.4, -0.2) is 18.3 Å². The Kier molecular flexibility index (Phi) is 4.04. The van der Waals surface area contributed by atoms with E-state index >= 15 is 0 Å². The summed E-state index contributed by atoms with van der Waals surface area (Å²) in [6, 6.07) is 0. The van der Waals surface area contributed by atoms with Crippen molar-refractivity contribution in [1.29, 1.82) is 0 Å². The molecule has 1 atom stereocenters. The van der Waals surface area contributed by atoms with Crippen molar-refractivity contribution in [3.05, 3.63) is 12.0 Å². The second kappa shape index (κ2) is 4.07. The molecule has 0 aromatic carbocycles. The third-order valence-electron chi connectivity index (χ3n) is 1.26. The van der Waals surface area contributed by atoms with Gasteiger partial charge in [-0.1, -0.05) is 0 Å². The Labute approximate surface area is 79.5 Å². The van der Waals surface area contributed by atoms with Gasteiger partial charge in [-0.3, -0.25) is 4.21 Å². The van der Waals surface area contributed by atoms with Crippen LogP contribution in [0.3, 0.4) is 0 Å². The predicted molar refractivity (Wildman–Crippen MR) is 35.1 cm³/mol. The number of aromatic nitrogens is 2. The maximum Gasteiger partial charge on any atom is 1.00 e. The average Bonchev–Trinajstić information content (AvgIpc) is 2.13. The van der Waals surface area contributed by atoms with E-state index in [4.69, 9.17) is 0 Å². The standard InChI is InChI=1S/C5H8N2O2S.Li/c1-4-6-5(10(8)9)3-7(4)2;/h3H,1-2H3,(H,8,9);/q;+1/p-1. The van der Waals surface area contributed by atoms with E-state index in [0.29, 0.717) is 5.82 Å². The van der Waals surface area contributed by atoms with Crippen LogP contribution < -0.4 is 18.9 Å². The van der Waals surface area contributed by atoms with Gasteiger partial charge in [-0.05, 0) is 18.0 Å². The molecule has 0 fully saturated rings. The minimum atomic E-state index is -2.20. The molecule has 0 aliphatic rings. The van der Waals surface area contributed by atoms with E-state index in [1.54, 1.807) is 18.5 Å². The summed E-state index contributed by atoms with van der Waals surface area (Å²) in [5.41, 5.74) is 0. The van der Waals surface area contributed by atoms with Crippen LogP contribution in [0.25, 0.3) is 0 Å². The molecular formula is C5H7LiN2O2S. The summed E-state index contributed by atoms with van der Waals surface area (Å²) in [5, 5.41) is 0.0972. The van der Waals surface area contributed by atoms with Crippen molar-refractivity contribution >= 4 is 11.1 Å². The molecule has 0 amide bonds. The van der Waals surface area contributed by atoms with Crippen molar-refractivity contribution in [3.8, 4) is 0 Å². The number of hydrogen-bond acceptors (Lipinski definition) is 3. The zero-order valence-corrected chi connectivity index (χ0v) is 7.51. The molecule has 6 heteroatoms. The fourth-order valence-corrected chi connectivity index (χ4v) is 1.06. The number of hydrogen-bond donors (Lipinski definition) is 0. The molecule has 0 N–H and O–H groups in total. The molecule has 1 aromatic rings. The summed E-state index contributed by atoms with van der Waals surface area (Å²) >= 11 is -2.20. The molecule has 0 saturated heterocycles. The van der Waals surface area contributed by atoms with E-state index < -0.39 is 11.1 Å². The van der Waals surface area contributed by atoms with Crippen LogP contribution in [0.2, 0.25) is 0 Å². The SMILES string of the molecule is Cc1nc(S(=O)[O-])cn1C.[Li+]. The van der Waals surface area contributed by atoms with Gasteiger partial charge in [-0.25, -0.2) is 4.98 Å². The Hall–Kier alpha value is -0.0826. The monoisotopic (exact) mass is 166 g/mol. The molecule has 0 saturated carbocycles. The van der Waals surface area contributed by atoms with E-state index in [9.17, 15) is 8.76 Å². The van der Waals surface area contributed by atoms with Crippen molar-refractivity contribution in [3.63, 3.8) is 0 Å². The van der Waals surface area contributed by atoms with Crippen LogP contribution in [0.4, 0.5) is 0 Å². The van der Waals surface area contributed by atoms with Gasteiger partial charge in [0, 0.05) is 13.2 Å². The minimum absolute atomic E-state index is 0. The molecule has 1 heterocycles. The molecule has 0 spiro atoms. The van der Waals surface area contributed by atoms with E-state index in [1.807, 2.05) is 0 Å². The Morgan fingerprint density at radius 3 is 2.45 bits per heavy atom. The summed E-state index contributed by atoms with van der Waals surface area (Å²) in [7, 11) is 1.75. The largest absolute Gasteiger partial charge is 1.00 e.